The number of nitro groups is 1. The van der Waals surface area contributed by atoms with Gasteiger partial charge in [0.1, 0.15) is 0 Å². The quantitative estimate of drug-likeness (QED) is 0.501. The molecule has 0 unspecified atom stereocenters. The van der Waals surface area contributed by atoms with E-state index < -0.39 is 4.92 Å². The van der Waals surface area contributed by atoms with E-state index in [4.69, 9.17) is 5.73 Å². The van der Waals surface area contributed by atoms with E-state index >= 15 is 0 Å². The predicted molar refractivity (Wildman–Crippen MR) is 81.5 cm³/mol. The summed E-state index contributed by atoms with van der Waals surface area (Å²) in [5.74, 6) is 0. The largest absolute Gasteiger partial charge is 0.398 e. The normalized spacial score (nSPS) is 10.8. The number of rotatable bonds is 6. The summed E-state index contributed by atoms with van der Waals surface area (Å²) < 4.78 is 0. The van der Waals surface area contributed by atoms with Crippen LogP contribution >= 0.6 is 0 Å². The standard InChI is InChI=1S/C15H18N4O2/c1-2-18(11-13-5-3-4-8-17-13)10-12-9-14(19(20)21)6-7-15(12)16/h3-9H,2,10-11,16H2,1H3. The second kappa shape index (κ2) is 6.81. The number of nitrogens with two attached hydrogens (primary N) is 1. The zero-order valence-corrected chi connectivity index (χ0v) is 11.9. The fourth-order valence-corrected chi connectivity index (χ4v) is 2.08. The molecule has 110 valence electrons. The number of anilines is 1. The van der Waals surface area contributed by atoms with Crippen LogP contribution in [-0.2, 0) is 13.1 Å². The number of aromatic nitrogens is 1. The molecule has 0 radical (unpaired) electrons. The Morgan fingerprint density at radius 3 is 2.71 bits per heavy atom. The van der Waals surface area contributed by atoms with E-state index in [2.05, 4.69) is 9.88 Å². The molecule has 0 saturated carbocycles. The minimum atomic E-state index is -0.405. The Morgan fingerprint density at radius 2 is 2.10 bits per heavy atom. The van der Waals surface area contributed by atoms with Crippen LogP contribution in [0.15, 0.2) is 42.6 Å². The van der Waals surface area contributed by atoms with Crippen LogP contribution in [0.5, 0.6) is 0 Å². The molecule has 2 rings (SSSR count). The molecular formula is C15H18N4O2. The number of hydrogen-bond donors (Lipinski definition) is 1. The lowest BCUT2D eigenvalue weighted by Crippen LogP contribution is -2.23. The van der Waals surface area contributed by atoms with Crippen LogP contribution in [0.4, 0.5) is 11.4 Å². The second-order valence-corrected chi connectivity index (χ2v) is 4.76. The molecule has 0 saturated heterocycles. The lowest BCUT2D eigenvalue weighted by molar-refractivity contribution is -0.384. The van der Waals surface area contributed by atoms with Gasteiger partial charge < -0.3 is 5.73 Å². The van der Waals surface area contributed by atoms with Gasteiger partial charge >= 0.3 is 0 Å². The maximum atomic E-state index is 10.9. The molecule has 6 nitrogen and oxygen atoms in total. The maximum absolute atomic E-state index is 10.9. The van der Waals surface area contributed by atoms with E-state index in [1.54, 1.807) is 12.3 Å². The van der Waals surface area contributed by atoms with E-state index in [1.807, 2.05) is 25.1 Å². The molecule has 0 aliphatic carbocycles. The number of benzene rings is 1. The first-order valence-electron chi connectivity index (χ1n) is 6.75. The van der Waals surface area contributed by atoms with Crippen LogP contribution in [0, 0.1) is 10.1 Å². The summed E-state index contributed by atoms with van der Waals surface area (Å²) in [5, 5.41) is 10.9. The number of non-ortho nitro benzene ring substituents is 1. The molecule has 0 amide bonds. The summed E-state index contributed by atoms with van der Waals surface area (Å²) in [6.07, 6.45) is 1.75. The summed E-state index contributed by atoms with van der Waals surface area (Å²) in [7, 11) is 0. The number of nitrogens with zero attached hydrogens (tertiary/aromatic N) is 3. The predicted octanol–water partition coefficient (Wildman–Crippen LogP) is 2.59. The zero-order chi connectivity index (χ0) is 15.2. The molecular weight excluding hydrogens is 268 g/mol. The van der Waals surface area contributed by atoms with Gasteiger partial charge in [-0.2, -0.15) is 0 Å². The van der Waals surface area contributed by atoms with Gasteiger partial charge in [0.2, 0.25) is 0 Å². The SMILES string of the molecule is CCN(Cc1ccccn1)Cc1cc([N+](=O)[O-])ccc1N. The third-order valence-corrected chi connectivity index (χ3v) is 3.29. The van der Waals surface area contributed by atoms with Gasteiger partial charge in [-0.1, -0.05) is 13.0 Å². The van der Waals surface area contributed by atoms with Crippen molar-refractivity contribution in [1.29, 1.82) is 0 Å². The Hall–Kier alpha value is -2.47. The highest BCUT2D eigenvalue weighted by Crippen LogP contribution is 2.21. The molecule has 1 aromatic carbocycles. The maximum Gasteiger partial charge on any atom is 0.269 e. The summed E-state index contributed by atoms with van der Waals surface area (Å²) in [6.45, 7) is 4.08. The van der Waals surface area contributed by atoms with Gasteiger partial charge in [0.15, 0.2) is 0 Å². The third-order valence-electron chi connectivity index (χ3n) is 3.29. The van der Waals surface area contributed by atoms with E-state index in [-0.39, 0.29) is 5.69 Å². The van der Waals surface area contributed by atoms with E-state index in [9.17, 15) is 10.1 Å². The molecule has 6 heteroatoms. The molecule has 2 N–H and O–H groups in total. The molecule has 0 atom stereocenters. The number of nitro benzene ring substituents is 1. The van der Waals surface area contributed by atoms with Gasteiger partial charge in [0.25, 0.3) is 5.69 Å². The Kier molecular flexibility index (Phi) is 4.84. The van der Waals surface area contributed by atoms with Crippen molar-refractivity contribution in [1.82, 2.24) is 9.88 Å². The van der Waals surface area contributed by atoms with Crippen LogP contribution in [0.1, 0.15) is 18.2 Å². The molecule has 0 fully saturated rings. The first-order chi connectivity index (χ1) is 10.1. The van der Waals surface area contributed by atoms with Gasteiger partial charge in [0, 0.05) is 37.1 Å². The van der Waals surface area contributed by atoms with Gasteiger partial charge in [-0.25, -0.2) is 0 Å². The first-order valence-corrected chi connectivity index (χ1v) is 6.75. The zero-order valence-electron chi connectivity index (χ0n) is 11.9. The van der Waals surface area contributed by atoms with Crippen molar-refractivity contribution in [3.8, 4) is 0 Å². The van der Waals surface area contributed by atoms with Crippen molar-refractivity contribution in [3.63, 3.8) is 0 Å². The minimum Gasteiger partial charge on any atom is -0.398 e. The molecule has 0 bridgehead atoms. The average molecular weight is 286 g/mol. The van der Waals surface area contributed by atoms with Crippen molar-refractivity contribution in [2.75, 3.05) is 12.3 Å². The van der Waals surface area contributed by atoms with E-state index in [1.165, 1.54) is 12.1 Å². The van der Waals surface area contributed by atoms with Crippen LogP contribution in [-0.4, -0.2) is 21.4 Å². The van der Waals surface area contributed by atoms with Gasteiger partial charge in [-0.05, 0) is 30.3 Å². The van der Waals surface area contributed by atoms with Crippen LogP contribution in [0.3, 0.4) is 0 Å². The lowest BCUT2D eigenvalue weighted by Gasteiger charge is -2.20. The second-order valence-electron chi connectivity index (χ2n) is 4.76. The van der Waals surface area contributed by atoms with Gasteiger partial charge in [-0.15, -0.1) is 0 Å². The number of hydrogen-bond acceptors (Lipinski definition) is 5. The summed E-state index contributed by atoms with van der Waals surface area (Å²) >= 11 is 0. The molecule has 1 heterocycles. The average Bonchev–Trinajstić information content (AvgIpc) is 2.49. The smallest absolute Gasteiger partial charge is 0.269 e. The highest BCUT2D eigenvalue weighted by Gasteiger charge is 2.12. The van der Waals surface area contributed by atoms with Gasteiger partial charge in [-0.3, -0.25) is 20.0 Å². The minimum absolute atomic E-state index is 0.0630. The van der Waals surface area contributed by atoms with Crippen LogP contribution in [0.25, 0.3) is 0 Å². The van der Waals surface area contributed by atoms with Gasteiger partial charge in [0.05, 0.1) is 10.6 Å². The fraction of sp³-hybridized carbons (Fsp3) is 0.267. The number of nitrogen functional groups attached to an aromatic ring is 1. The molecule has 21 heavy (non-hydrogen) atoms. The van der Waals surface area contributed by atoms with Crippen molar-refractivity contribution in [2.45, 2.75) is 20.0 Å². The monoisotopic (exact) mass is 286 g/mol. The van der Waals surface area contributed by atoms with Crippen molar-refractivity contribution >= 4 is 11.4 Å². The molecule has 1 aromatic heterocycles. The molecule has 0 aliphatic heterocycles. The van der Waals surface area contributed by atoms with E-state index in [0.29, 0.717) is 18.8 Å². The summed E-state index contributed by atoms with van der Waals surface area (Å²) in [6, 6.07) is 10.3. The van der Waals surface area contributed by atoms with Crippen molar-refractivity contribution < 1.29 is 4.92 Å². The molecule has 2 aromatic rings. The molecule has 0 aliphatic rings. The summed E-state index contributed by atoms with van der Waals surface area (Å²) in [4.78, 5) is 16.9. The number of pyridine rings is 1. The lowest BCUT2D eigenvalue weighted by atomic mass is 10.1. The fourth-order valence-electron chi connectivity index (χ4n) is 2.08. The Labute approximate surface area is 123 Å². The highest BCUT2D eigenvalue weighted by molar-refractivity contribution is 5.52. The highest BCUT2D eigenvalue weighted by atomic mass is 16.6. The Balaban J connectivity index is 2.14. The molecule has 0 spiro atoms. The Morgan fingerprint density at radius 1 is 1.29 bits per heavy atom. The van der Waals surface area contributed by atoms with Crippen LogP contribution in [0.2, 0.25) is 0 Å². The summed E-state index contributed by atoms with van der Waals surface area (Å²) in [5.41, 5.74) is 8.28. The topological polar surface area (TPSA) is 85.3 Å². The van der Waals surface area contributed by atoms with Crippen LogP contribution < -0.4 is 5.73 Å². The first kappa shape index (κ1) is 14.9. The van der Waals surface area contributed by atoms with E-state index in [0.717, 1.165) is 17.8 Å². The van der Waals surface area contributed by atoms with Crippen molar-refractivity contribution in [2.24, 2.45) is 0 Å². The third kappa shape index (κ3) is 4.00. The Bertz CT molecular complexity index is 616. The van der Waals surface area contributed by atoms with Crippen molar-refractivity contribution in [3.05, 3.63) is 64.0 Å².